The number of rotatable bonds is 7. The van der Waals surface area contributed by atoms with Gasteiger partial charge in [-0.15, -0.1) is 3.63 Å². The summed E-state index contributed by atoms with van der Waals surface area (Å²) in [6.45, 7) is 1.82. The maximum Gasteiger partial charge on any atom is 0.524 e. The molecule has 6 nitrogen and oxygen atoms in total. The maximum absolute atomic E-state index is 12.3. The summed E-state index contributed by atoms with van der Waals surface area (Å²) < 4.78 is 85.1. The average Bonchev–Trinajstić information content (AvgIpc) is 2.54. The van der Waals surface area contributed by atoms with E-state index in [0.29, 0.717) is 15.7 Å². The van der Waals surface area contributed by atoms with Gasteiger partial charge in [-0.2, -0.15) is 30.0 Å². The number of hydrogen-bond donors (Lipinski definition) is 1. The molecule has 0 saturated carbocycles. The van der Waals surface area contributed by atoms with Crippen molar-refractivity contribution in [1.29, 1.82) is 0 Å². The lowest BCUT2D eigenvalue weighted by molar-refractivity contribution is -0.0498. The van der Waals surface area contributed by atoms with Crippen molar-refractivity contribution in [3.63, 3.8) is 0 Å². The molecule has 2 aromatic carbocycles. The Bertz CT molecular complexity index is 1090. The molecule has 160 valence electrons. The molecule has 0 aliphatic rings. The molecule has 1 unspecified atom stereocenters. The van der Waals surface area contributed by atoms with Gasteiger partial charge in [0.1, 0.15) is 5.75 Å². The molecule has 0 aliphatic carbocycles. The third-order valence-electron chi connectivity index (χ3n) is 3.59. The van der Waals surface area contributed by atoms with Crippen LogP contribution in [-0.4, -0.2) is 22.3 Å². The molecule has 0 heterocycles. The Morgan fingerprint density at radius 2 is 1.62 bits per heavy atom. The first-order chi connectivity index (χ1) is 13.2. The SMILES string of the molecule is CC(Nc1ccc(CS(=O)(=O)OS(=O)(=O)C(F)(F)F)cc1)c1ccc(Cl)cc1Cl. The predicted octanol–water partition coefficient (Wildman–Crippen LogP) is 4.86. The maximum atomic E-state index is 12.3. The molecule has 1 atom stereocenters. The number of alkyl halides is 3. The predicted molar refractivity (Wildman–Crippen MR) is 104 cm³/mol. The van der Waals surface area contributed by atoms with Crippen LogP contribution in [0.15, 0.2) is 42.5 Å². The van der Waals surface area contributed by atoms with Crippen LogP contribution in [0.1, 0.15) is 24.1 Å². The third kappa shape index (κ3) is 6.48. The van der Waals surface area contributed by atoms with Gasteiger partial charge in [0.15, 0.2) is 0 Å². The lowest BCUT2D eigenvalue weighted by Crippen LogP contribution is -2.28. The highest BCUT2D eigenvalue weighted by Crippen LogP contribution is 2.29. The van der Waals surface area contributed by atoms with E-state index in [9.17, 15) is 30.0 Å². The minimum Gasteiger partial charge on any atom is -0.378 e. The number of nitrogens with one attached hydrogen (secondary N) is 1. The van der Waals surface area contributed by atoms with Crippen molar-refractivity contribution in [3.8, 4) is 0 Å². The molecule has 2 rings (SSSR count). The van der Waals surface area contributed by atoms with E-state index >= 15 is 0 Å². The van der Waals surface area contributed by atoms with Crippen LogP contribution in [0.3, 0.4) is 0 Å². The number of halogens is 5. The van der Waals surface area contributed by atoms with Gasteiger partial charge in [-0.3, -0.25) is 0 Å². The van der Waals surface area contributed by atoms with Crippen molar-refractivity contribution in [3.05, 3.63) is 63.6 Å². The van der Waals surface area contributed by atoms with Crippen molar-refractivity contribution in [1.82, 2.24) is 0 Å². The fourth-order valence-corrected chi connectivity index (χ4v) is 5.05. The van der Waals surface area contributed by atoms with Crippen LogP contribution in [-0.2, 0) is 29.6 Å². The second-order valence-corrected chi connectivity index (χ2v) is 10.1. The molecule has 0 fully saturated rings. The fourth-order valence-electron chi connectivity index (χ4n) is 2.28. The molecule has 13 heteroatoms. The minimum atomic E-state index is -6.26. The van der Waals surface area contributed by atoms with E-state index in [1.165, 1.54) is 24.3 Å². The van der Waals surface area contributed by atoms with Crippen LogP contribution in [0.4, 0.5) is 18.9 Å². The highest BCUT2D eigenvalue weighted by atomic mass is 35.5. The van der Waals surface area contributed by atoms with Crippen molar-refractivity contribution >= 4 is 49.1 Å². The van der Waals surface area contributed by atoms with Gasteiger partial charge in [0, 0.05) is 21.8 Å². The third-order valence-corrected chi connectivity index (χ3v) is 6.95. The smallest absolute Gasteiger partial charge is 0.378 e. The lowest BCUT2D eigenvalue weighted by atomic mass is 10.1. The monoisotopic (exact) mass is 491 g/mol. The topological polar surface area (TPSA) is 89.5 Å². The zero-order valence-corrected chi connectivity index (χ0v) is 17.7. The van der Waals surface area contributed by atoms with Crippen molar-refractivity contribution in [2.75, 3.05) is 5.32 Å². The van der Waals surface area contributed by atoms with Gasteiger partial charge in [-0.1, -0.05) is 41.4 Å². The van der Waals surface area contributed by atoms with E-state index in [-0.39, 0.29) is 11.6 Å². The quantitative estimate of drug-likeness (QED) is 0.556. The second-order valence-electron chi connectivity index (χ2n) is 5.90. The summed E-state index contributed by atoms with van der Waals surface area (Å²) in [7, 11) is -11.3. The Morgan fingerprint density at radius 1 is 1.03 bits per heavy atom. The summed E-state index contributed by atoms with van der Waals surface area (Å²) in [5.41, 5.74) is -4.49. The van der Waals surface area contributed by atoms with Crippen LogP contribution in [0.5, 0.6) is 0 Å². The summed E-state index contributed by atoms with van der Waals surface area (Å²) in [5, 5.41) is 4.04. The van der Waals surface area contributed by atoms with Crippen molar-refractivity contribution in [2.45, 2.75) is 24.2 Å². The number of benzene rings is 2. The summed E-state index contributed by atoms with van der Waals surface area (Å²) in [6, 6.07) is 10.3. The normalized spacial score (nSPS) is 13.9. The minimum absolute atomic E-state index is 0.0325. The first-order valence-corrected chi connectivity index (χ1v) is 11.5. The van der Waals surface area contributed by atoms with E-state index < -0.39 is 31.5 Å². The zero-order chi connectivity index (χ0) is 22.0. The molecule has 1 N–H and O–H groups in total. The molecule has 0 aliphatic heterocycles. The molecule has 0 saturated heterocycles. The standard InChI is InChI=1S/C16H14Cl2F3NO5S2/c1-10(14-7-4-12(17)8-15(14)18)22-13-5-2-11(3-6-13)9-28(23,24)27-29(25,26)16(19,20)21/h2-8,10,22H,9H2,1H3. The average molecular weight is 492 g/mol. The number of hydrogen-bond acceptors (Lipinski definition) is 6. The first kappa shape index (κ1) is 23.7. The van der Waals surface area contributed by atoms with Crippen LogP contribution in [0.25, 0.3) is 0 Å². The number of anilines is 1. The Kier molecular flexibility index (Phi) is 7.11. The van der Waals surface area contributed by atoms with Gasteiger partial charge in [0.25, 0.3) is 10.1 Å². The Balaban J connectivity index is 2.08. The van der Waals surface area contributed by atoms with Gasteiger partial charge >= 0.3 is 15.6 Å². The largest absolute Gasteiger partial charge is 0.524 e. The van der Waals surface area contributed by atoms with Crippen LogP contribution in [0.2, 0.25) is 10.0 Å². The van der Waals surface area contributed by atoms with E-state index in [4.69, 9.17) is 23.2 Å². The van der Waals surface area contributed by atoms with Gasteiger partial charge in [-0.05, 0) is 42.3 Å². The second kappa shape index (κ2) is 8.68. The molecular weight excluding hydrogens is 478 g/mol. The van der Waals surface area contributed by atoms with E-state index in [2.05, 4.69) is 8.95 Å². The van der Waals surface area contributed by atoms with Gasteiger partial charge < -0.3 is 5.32 Å². The highest BCUT2D eigenvalue weighted by Gasteiger charge is 2.50. The van der Waals surface area contributed by atoms with Crippen LogP contribution in [0, 0.1) is 0 Å². The summed E-state index contributed by atoms with van der Waals surface area (Å²) in [5.74, 6) is -1.05. The van der Waals surface area contributed by atoms with E-state index in [1.807, 2.05) is 6.92 Å². The summed E-state index contributed by atoms with van der Waals surface area (Å²) in [6.07, 6.45) is 0. The highest BCUT2D eigenvalue weighted by molar-refractivity contribution is 7.99. The Hall–Kier alpha value is -1.53. The summed E-state index contributed by atoms with van der Waals surface area (Å²) in [4.78, 5) is 0. The van der Waals surface area contributed by atoms with E-state index in [1.54, 1.807) is 18.2 Å². The molecule has 0 radical (unpaired) electrons. The van der Waals surface area contributed by atoms with Crippen LogP contribution < -0.4 is 5.32 Å². The molecule has 0 aromatic heterocycles. The zero-order valence-electron chi connectivity index (χ0n) is 14.6. The molecule has 2 aromatic rings. The first-order valence-electron chi connectivity index (χ1n) is 7.76. The molecule has 0 bridgehead atoms. The van der Waals surface area contributed by atoms with Gasteiger partial charge in [0.05, 0.1) is 0 Å². The van der Waals surface area contributed by atoms with Crippen molar-refractivity contribution < 1.29 is 33.6 Å². The fraction of sp³-hybridized carbons (Fsp3) is 0.250. The molecular formula is C16H14Cl2F3NO5S2. The van der Waals surface area contributed by atoms with Crippen LogP contribution >= 0.6 is 23.2 Å². The van der Waals surface area contributed by atoms with Gasteiger partial charge in [0.2, 0.25) is 0 Å². The lowest BCUT2D eigenvalue weighted by Gasteiger charge is -2.17. The Morgan fingerprint density at radius 3 is 2.14 bits per heavy atom. The van der Waals surface area contributed by atoms with Crippen molar-refractivity contribution in [2.24, 2.45) is 0 Å². The Labute approximate surface area is 175 Å². The van der Waals surface area contributed by atoms with E-state index in [0.717, 1.165) is 5.56 Å². The van der Waals surface area contributed by atoms with Gasteiger partial charge in [-0.25, -0.2) is 0 Å². The summed E-state index contributed by atoms with van der Waals surface area (Å²) >= 11 is 12.0. The molecule has 0 amide bonds. The molecule has 0 spiro atoms. The molecule has 29 heavy (non-hydrogen) atoms.